The average Bonchev–Trinajstić information content (AvgIpc) is 2.63. The van der Waals surface area contributed by atoms with Gasteiger partial charge in [0.1, 0.15) is 0 Å². The Labute approximate surface area is 151 Å². The highest BCUT2D eigenvalue weighted by Crippen LogP contribution is 2.25. The van der Waals surface area contributed by atoms with Gasteiger partial charge < -0.3 is 5.73 Å². The molecule has 0 amide bonds. The van der Waals surface area contributed by atoms with Crippen molar-refractivity contribution in [1.82, 2.24) is 9.29 Å². The first-order valence-corrected chi connectivity index (χ1v) is 10.5. The number of nitrogens with two attached hydrogens (primary N) is 1. The summed E-state index contributed by atoms with van der Waals surface area (Å²) in [5, 5.41) is 1.54. The number of sulfonamides is 1. The summed E-state index contributed by atoms with van der Waals surface area (Å²) in [4.78, 5) is 4.42. The Morgan fingerprint density at radius 3 is 2.68 bits per heavy atom. The van der Waals surface area contributed by atoms with Gasteiger partial charge in [0.05, 0.1) is 4.90 Å². The maximum Gasteiger partial charge on any atom is 0.243 e. The predicted octanol–water partition coefficient (Wildman–Crippen LogP) is 3.54. The second-order valence-corrected chi connectivity index (χ2v) is 8.35. The number of benzene rings is 1. The number of rotatable bonds is 10. The van der Waals surface area contributed by atoms with Crippen LogP contribution in [0.3, 0.4) is 0 Å². The lowest BCUT2D eigenvalue weighted by molar-refractivity contribution is 0.369. The summed E-state index contributed by atoms with van der Waals surface area (Å²) in [7, 11) is -3.59. The molecule has 2 aromatic rings. The molecule has 0 aliphatic carbocycles. The predicted molar refractivity (Wildman–Crippen MR) is 103 cm³/mol. The van der Waals surface area contributed by atoms with E-state index >= 15 is 0 Å². The minimum atomic E-state index is -3.59. The first-order valence-electron chi connectivity index (χ1n) is 9.09. The largest absolute Gasteiger partial charge is 0.327 e. The smallest absolute Gasteiger partial charge is 0.243 e. The Balaban J connectivity index is 2.35. The molecule has 0 fully saturated rings. The minimum absolute atomic E-state index is 0.155. The lowest BCUT2D eigenvalue weighted by Gasteiger charge is -2.25. The van der Waals surface area contributed by atoms with E-state index < -0.39 is 10.0 Å². The number of fused-ring (bicyclic) bond motifs is 1. The summed E-state index contributed by atoms with van der Waals surface area (Å²) < 4.78 is 28.2. The standard InChI is InChI=1S/C19H29N3O2S/c1-3-5-6-7-13-22(15-17(20)4-2)25(23,24)19-10-8-9-16-14-21-12-11-18(16)19/h8-12,14,17H,3-7,13,15,20H2,1-2H3. The van der Waals surface area contributed by atoms with Gasteiger partial charge in [0.25, 0.3) is 0 Å². The monoisotopic (exact) mass is 363 g/mol. The van der Waals surface area contributed by atoms with E-state index in [1.54, 1.807) is 34.9 Å². The van der Waals surface area contributed by atoms with Crippen LogP contribution in [0.1, 0.15) is 46.0 Å². The van der Waals surface area contributed by atoms with Crippen molar-refractivity contribution in [3.8, 4) is 0 Å². The Hall–Kier alpha value is -1.50. The highest BCUT2D eigenvalue weighted by atomic mass is 32.2. The molecule has 5 nitrogen and oxygen atoms in total. The molecule has 0 saturated carbocycles. The molecule has 0 bridgehead atoms. The molecule has 1 aromatic heterocycles. The van der Waals surface area contributed by atoms with Crippen LogP contribution in [0.25, 0.3) is 10.8 Å². The summed E-state index contributed by atoms with van der Waals surface area (Å²) in [6.45, 7) is 4.99. The highest BCUT2D eigenvalue weighted by molar-refractivity contribution is 7.89. The molecule has 2 rings (SSSR count). The number of hydrogen-bond acceptors (Lipinski definition) is 4. The lowest BCUT2D eigenvalue weighted by Crippen LogP contribution is -2.41. The van der Waals surface area contributed by atoms with Gasteiger partial charge in [0, 0.05) is 42.3 Å². The van der Waals surface area contributed by atoms with Crippen LogP contribution in [-0.2, 0) is 10.0 Å². The quantitative estimate of drug-likeness (QED) is 0.655. The molecule has 0 aliphatic heterocycles. The molecule has 25 heavy (non-hydrogen) atoms. The number of hydrogen-bond donors (Lipinski definition) is 1. The maximum atomic E-state index is 13.3. The van der Waals surface area contributed by atoms with Crippen LogP contribution in [0.5, 0.6) is 0 Å². The van der Waals surface area contributed by atoms with Gasteiger partial charge in [-0.2, -0.15) is 4.31 Å². The average molecular weight is 364 g/mol. The summed E-state index contributed by atoms with van der Waals surface area (Å²) in [6, 6.07) is 6.93. The van der Waals surface area contributed by atoms with E-state index in [1.807, 2.05) is 13.0 Å². The van der Waals surface area contributed by atoms with E-state index in [2.05, 4.69) is 11.9 Å². The Kier molecular flexibility index (Phi) is 7.35. The molecule has 0 aliphatic rings. The van der Waals surface area contributed by atoms with Crippen LogP contribution in [-0.4, -0.2) is 36.8 Å². The van der Waals surface area contributed by atoms with Crippen molar-refractivity contribution in [1.29, 1.82) is 0 Å². The van der Waals surface area contributed by atoms with Gasteiger partial charge in [0.15, 0.2) is 0 Å². The van der Waals surface area contributed by atoms with Crippen molar-refractivity contribution in [2.24, 2.45) is 5.73 Å². The van der Waals surface area contributed by atoms with E-state index in [4.69, 9.17) is 5.73 Å². The number of nitrogens with zero attached hydrogens (tertiary/aromatic N) is 2. The molecule has 0 saturated heterocycles. The van der Waals surface area contributed by atoms with Crippen LogP contribution in [0, 0.1) is 0 Å². The molecule has 1 unspecified atom stereocenters. The van der Waals surface area contributed by atoms with Gasteiger partial charge in [-0.15, -0.1) is 0 Å². The van der Waals surface area contributed by atoms with Gasteiger partial charge in [-0.3, -0.25) is 4.98 Å². The van der Waals surface area contributed by atoms with Gasteiger partial charge in [-0.05, 0) is 25.0 Å². The van der Waals surface area contributed by atoms with Crippen molar-refractivity contribution in [2.75, 3.05) is 13.1 Å². The van der Waals surface area contributed by atoms with E-state index in [0.717, 1.165) is 37.5 Å². The number of pyridine rings is 1. The molecule has 6 heteroatoms. The Bertz CT molecular complexity index is 772. The zero-order chi connectivity index (χ0) is 18.3. The van der Waals surface area contributed by atoms with Crippen molar-refractivity contribution in [2.45, 2.75) is 56.9 Å². The molecule has 1 aromatic carbocycles. The molecule has 138 valence electrons. The third-order valence-corrected chi connectivity index (χ3v) is 6.41. The van der Waals surface area contributed by atoms with Crippen LogP contribution in [0.2, 0.25) is 0 Å². The third kappa shape index (κ3) is 5.00. The van der Waals surface area contributed by atoms with Crippen LogP contribution in [0.15, 0.2) is 41.6 Å². The van der Waals surface area contributed by atoms with Crippen molar-refractivity contribution in [3.63, 3.8) is 0 Å². The fraction of sp³-hybridized carbons (Fsp3) is 0.526. The lowest BCUT2D eigenvalue weighted by atomic mass is 10.2. The van der Waals surface area contributed by atoms with E-state index in [0.29, 0.717) is 23.4 Å². The minimum Gasteiger partial charge on any atom is -0.327 e. The molecular formula is C19H29N3O2S. The van der Waals surface area contributed by atoms with Gasteiger partial charge in [0.2, 0.25) is 10.0 Å². The summed E-state index contributed by atoms with van der Waals surface area (Å²) in [6.07, 6.45) is 8.20. The molecule has 0 radical (unpaired) electrons. The van der Waals surface area contributed by atoms with E-state index in [1.165, 1.54) is 0 Å². The molecule has 2 N–H and O–H groups in total. The number of unbranched alkanes of at least 4 members (excludes halogenated alkanes) is 3. The fourth-order valence-corrected chi connectivity index (χ4v) is 4.62. The second kappa shape index (κ2) is 9.27. The normalized spacial score (nSPS) is 13.4. The zero-order valence-electron chi connectivity index (χ0n) is 15.2. The fourth-order valence-electron chi connectivity index (χ4n) is 2.87. The summed E-state index contributed by atoms with van der Waals surface area (Å²) in [5.41, 5.74) is 6.08. The highest BCUT2D eigenvalue weighted by Gasteiger charge is 2.27. The molecule has 0 spiro atoms. The first kappa shape index (κ1) is 19.8. The second-order valence-electron chi connectivity index (χ2n) is 6.45. The maximum absolute atomic E-state index is 13.3. The summed E-state index contributed by atoms with van der Waals surface area (Å²) >= 11 is 0. The van der Waals surface area contributed by atoms with E-state index in [9.17, 15) is 8.42 Å². The van der Waals surface area contributed by atoms with Gasteiger partial charge in [-0.1, -0.05) is 45.2 Å². The summed E-state index contributed by atoms with van der Waals surface area (Å²) in [5.74, 6) is 0. The third-order valence-electron chi connectivity index (χ3n) is 4.48. The Morgan fingerprint density at radius 2 is 1.96 bits per heavy atom. The SMILES string of the molecule is CCCCCCN(CC(N)CC)S(=O)(=O)c1cccc2cnccc12. The molecule has 1 heterocycles. The van der Waals surface area contributed by atoms with Crippen molar-refractivity contribution < 1.29 is 8.42 Å². The van der Waals surface area contributed by atoms with Gasteiger partial charge >= 0.3 is 0 Å². The molecule has 1 atom stereocenters. The van der Waals surface area contributed by atoms with Crippen LogP contribution in [0.4, 0.5) is 0 Å². The van der Waals surface area contributed by atoms with Crippen molar-refractivity contribution in [3.05, 3.63) is 36.7 Å². The topological polar surface area (TPSA) is 76.3 Å². The van der Waals surface area contributed by atoms with Crippen LogP contribution < -0.4 is 5.73 Å². The zero-order valence-corrected chi connectivity index (χ0v) is 16.0. The first-order chi connectivity index (χ1) is 12.0. The van der Waals surface area contributed by atoms with Crippen LogP contribution >= 0.6 is 0 Å². The molecular weight excluding hydrogens is 334 g/mol. The van der Waals surface area contributed by atoms with E-state index in [-0.39, 0.29) is 6.04 Å². The number of aromatic nitrogens is 1. The Morgan fingerprint density at radius 1 is 1.16 bits per heavy atom. The van der Waals surface area contributed by atoms with Crippen molar-refractivity contribution >= 4 is 20.8 Å². The van der Waals surface area contributed by atoms with Gasteiger partial charge in [-0.25, -0.2) is 8.42 Å².